The Morgan fingerprint density at radius 1 is 0.846 bits per heavy atom. The summed E-state index contributed by atoms with van der Waals surface area (Å²) in [6.07, 6.45) is 1.13. The Labute approximate surface area is 229 Å². The number of Topliss-reactive ketones (excluding diaryl/α,β-unsaturated/α-hetero) is 1. The number of benzene rings is 3. The first-order valence-corrected chi connectivity index (χ1v) is 13.5. The summed E-state index contributed by atoms with van der Waals surface area (Å²) in [6, 6.07) is 16.8. The van der Waals surface area contributed by atoms with Crippen molar-refractivity contribution in [2.45, 2.75) is 65.1 Å². The number of nitrogens with two attached hydrogens (primary N) is 1. The van der Waals surface area contributed by atoms with Crippen LogP contribution in [0.25, 0.3) is 0 Å². The van der Waals surface area contributed by atoms with Gasteiger partial charge in [0.1, 0.15) is 11.6 Å². The van der Waals surface area contributed by atoms with E-state index in [4.69, 9.17) is 5.73 Å². The van der Waals surface area contributed by atoms with Crippen molar-refractivity contribution in [3.63, 3.8) is 0 Å². The van der Waals surface area contributed by atoms with Crippen molar-refractivity contribution in [2.24, 2.45) is 11.7 Å². The largest absolute Gasteiger partial charge is 0.390 e. The molecule has 1 amide bonds. The molecule has 2 atom stereocenters. The van der Waals surface area contributed by atoms with Crippen molar-refractivity contribution >= 4 is 11.7 Å². The van der Waals surface area contributed by atoms with Crippen LogP contribution in [0.5, 0.6) is 0 Å². The molecule has 3 rings (SSSR count). The highest BCUT2D eigenvalue weighted by Gasteiger charge is 2.25. The van der Waals surface area contributed by atoms with E-state index in [-0.39, 0.29) is 37.1 Å². The molecule has 39 heavy (non-hydrogen) atoms. The molecule has 7 heteroatoms. The van der Waals surface area contributed by atoms with E-state index in [2.05, 4.69) is 0 Å². The third kappa shape index (κ3) is 8.28. The van der Waals surface area contributed by atoms with E-state index >= 15 is 0 Å². The van der Waals surface area contributed by atoms with Gasteiger partial charge >= 0.3 is 0 Å². The van der Waals surface area contributed by atoms with Gasteiger partial charge in [-0.1, -0.05) is 57.2 Å². The number of amides is 1. The molecule has 3 aromatic carbocycles. The zero-order valence-corrected chi connectivity index (χ0v) is 22.9. The average molecular weight is 537 g/mol. The minimum absolute atomic E-state index is 0.00114. The fraction of sp³-hybridized carbons (Fsp3) is 0.375. The Balaban J connectivity index is 1.87. The molecular weight excluding hydrogens is 498 g/mol. The summed E-state index contributed by atoms with van der Waals surface area (Å²) < 4.78 is 27.3. The molecule has 2 unspecified atom stereocenters. The van der Waals surface area contributed by atoms with Gasteiger partial charge in [0.25, 0.3) is 5.91 Å². The first kappa shape index (κ1) is 30.1. The second kappa shape index (κ2) is 14.1. The number of carbonyl (C=O) groups excluding carboxylic acids is 2. The SMILES string of the molecule is CCc1cccc(CN(CC(O)C(N)Cc2cc(F)cc(F)c2)C(=O)c2cccc(C(=O)C(CC)CC)c2)c1. The van der Waals surface area contributed by atoms with E-state index in [0.717, 1.165) is 23.6 Å². The van der Waals surface area contributed by atoms with Crippen LogP contribution in [0.4, 0.5) is 8.78 Å². The summed E-state index contributed by atoms with van der Waals surface area (Å²) in [4.78, 5) is 28.2. The molecule has 0 saturated heterocycles. The molecule has 5 nitrogen and oxygen atoms in total. The third-order valence-corrected chi connectivity index (χ3v) is 7.11. The van der Waals surface area contributed by atoms with Crippen molar-refractivity contribution in [1.82, 2.24) is 4.90 Å². The van der Waals surface area contributed by atoms with Crippen molar-refractivity contribution in [3.05, 3.63) is 106 Å². The molecule has 0 aliphatic heterocycles. The highest BCUT2D eigenvalue weighted by atomic mass is 19.1. The van der Waals surface area contributed by atoms with E-state index in [0.29, 0.717) is 29.5 Å². The molecule has 3 aromatic rings. The number of aliphatic hydroxyl groups excluding tert-OH is 1. The Kier molecular flexibility index (Phi) is 10.9. The minimum Gasteiger partial charge on any atom is -0.390 e. The number of rotatable bonds is 13. The number of ketones is 1. The lowest BCUT2D eigenvalue weighted by atomic mass is 9.92. The lowest BCUT2D eigenvalue weighted by Crippen LogP contribution is -2.46. The van der Waals surface area contributed by atoms with E-state index in [1.54, 1.807) is 24.3 Å². The van der Waals surface area contributed by atoms with E-state index < -0.39 is 23.8 Å². The lowest BCUT2D eigenvalue weighted by Gasteiger charge is -2.29. The van der Waals surface area contributed by atoms with Crippen LogP contribution in [0.3, 0.4) is 0 Å². The average Bonchev–Trinajstić information content (AvgIpc) is 2.92. The number of hydrogen-bond acceptors (Lipinski definition) is 4. The molecule has 0 spiro atoms. The molecule has 0 heterocycles. The third-order valence-electron chi connectivity index (χ3n) is 7.11. The molecule has 0 fully saturated rings. The van der Waals surface area contributed by atoms with Gasteiger partial charge in [0.15, 0.2) is 5.78 Å². The van der Waals surface area contributed by atoms with Crippen LogP contribution in [0.1, 0.15) is 71.0 Å². The molecule has 0 radical (unpaired) electrons. The van der Waals surface area contributed by atoms with Crippen molar-refractivity contribution in [2.75, 3.05) is 6.54 Å². The molecule has 0 aromatic heterocycles. The molecule has 0 aliphatic carbocycles. The Morgan fingerprint density at radius 3 is 2.10 bits per heavy atom. The molecular formula is C32H38F2N2O3. The highest BCUT2D eigenvalue weighted by molar-refractivity contribution is 6.01. The number of aliphatic hydroxyl groups is 1. The second-order valence-electron chi connectivity index (χ2n) is 10.0. The summed E-state index contributed by atoms with van der Waals surface area (Å²) in [7, 11) is 0. The predicted molar refractivity (Wildman–Crippen MR) is 149 cm³/mol. The van der Waals surface area contributed by atoms with Gasteiger partial charge in [-0.25, -0.2) is 8.78 Å². The smallest absolute Gasteiger partial charge is 0.254 e. The van der Waals surface area contributed by atoms with E-state index in [1.807, 2.05) is 45.0 Å². The molecule has 0 saturated carbocycles. The normalized spacial score (nSPS) is 12.8. The molecule has 3 N–H and O–H groups in total. The Morgan fingerprint density at radius 2 is 1.46 bits per heavy atom. The van der Waals surface area contributed by atoms with Gasteiger partial charge < -0.3 is 15.7 Å². The van der Waals surface area contributed by atoms with Gasteiger partial charge in [0.2, 0.25) is 0 Å². The predicted octanol–water partition coefficient (Wildman–Crippen LogP) is 5.72. The number of halogens is 2. The van der Waals surface area contributed by atoms with Crippen LogP contribution in [0.2, 0.25) is 0 Å². The number of carbonyl (C=O) groups is 2. The van der Waals surface area contributed by atoms with Crippen LogP contribution in [0, 0.1) is 17.6 Å². The van der Waals surface area contributed by atoms with Gasteiger partial charge in [-0.2, -0.15) is 0 Å². The lowest BCUT2D eigenvalue weighted by molar-refractivity contribution is 0.0554. The van der Waals surface area contributed by atoms with Crippen LogP contribution in [0.15, 0.2) is 66.7 Å². The van der Waals surface area contributed by atoms with Crippen LogP contribution in [-0.4, -0.2) is 40.4 Å². The Bertz CT molecular complexity index is 1260. The van der Waals surface area contributed by atoms with Crippen LogP contribution < -0.4 is 5.73 Å². The summed E-state index contributed by atoms with van der Waals surface area (Å²) in [5.41, 5.74) is 9.37. The quantitative estimate of drug-likeness (QED) is 0.274. The summed E-state index contributed by atoms with van der Waals surface area (Å²) >= 11 is 0. The topological polar surface area (TPSA) is 83.6 Å². The van der Waals surface area contributed by atoms with Gasteiger partial charge in [-0.3, -0.25) is 9.59 Å². The maximum atomic E-state index is 13.8. The molecule has 0 aliphatic rings. The number of hydrogen-bond donors (Lipinski definition) is 2. The number of aryl methyl sites for hydroxylation is 1. The first-order chi connectivity index (χ1) is 18.6. The first-order valence-electron chi connectivity index (χ1n) is 13.5. The zero-order chi connectivity index (χ0) is 28.5. The zero-order valence-electron chi connectivity index (χ0n) is 22.9. The molecule has 208 valence electrons. The fourth-order valence-corrected chi connectivity index (χ4v) is 4.77. The van der Waals surface area contributed by atoms with Crippen molar-refractivity contribution in [1.29, 1.82) is 0 Å². The van der Waals surface area contributed by atoms with E-state index in [1.165, 1.54) is 17.0 Å². The van der Waals surface area contributed by atoms with E-state index in [9.17, 15) is 23.5 Å². The van der Waals surface area contributed by atoms with Gasteiger partial charge in [-0.05, 0) is 66.6 Å². The maximum Gasteiger partial charge on any atom is 0.254 e. The van der Waals surface area contributed by atoms with Crippen molar-refractivity contribution < 1.29 is 23.5 Å². The second-order valence-corrected chi connectivity index (χ2v) is 10.0. The van der Waals surface area contributed by atoms with Gasteiger partial charge in [0, 0.05) is 42.2 Å². The van der Waals surface area contributed by atoms with Crippen LogP contribution in [-0.2, 0) is 19.4 Å². The van der Waals surface area contributed by atoms with Crippen LogP contribution >= 0.6 is 0 Å². The minimum atomic E-state index is -1.16. The fourth-order valence-electron chi connectivity index (χ4n) is 4.77. The van der Waals surface area contributed by atoms with Crippen molar-refractivity contribution in [3.8, 4) is 0 Å². The standard InChI is InChI=1S/C32H38F2N2O3/c1-4-21-9-7-10-22(13-21)19-36(20-30(37)29(35)16-23-14-27(33)18-28(34)15-23)32(39)26-12-8-11-25(17-26)31(38)24(5-2)6-3/h7-15,17-18,24,29-30,37H,4-6,16,19-20,35H2,1-3H3. The maximum absolute atomic E-state index is 13.8. The monoisotopic (exact) mass is 536 g/mol. The number of nitrogens with zero attached hydrogens (tertiary/aromatic N) is 1. The summed E-state index contributed by atoms with van der Waals surface area (Å²) in [6.45, 7) is 6.10. The summed E-state index contributed by atoms with van der Waals surface area (Å²) in [5, 5.41) is 11.0. The highest BCUT2D eigenvalue weighted by Crippen LogP contribution is 2.20. The Hall–Kier alpha value is -3.42. The van der Waals surface area contributed by atoms with Gasteiger partial charge in [-0.15, -0.1) is 0 Å². The van der Waals surface area contributed by atoms with Gasteiger partial charge in [0.05, 0.1) is 6.10 Å². The molecule has 0 bridgehead atoms. The summed E-state index contributed by atoms with van der Waals surface area (Å²) in [5.74, 6) is -1.90.